The van der Waals surface area contributed by atoms with E-state index in [1.54, 1.807) is 0 Å². The van der Waals surface area contributed by atoms with Gasteiger partial charge >= 0.3 is 0 Å². The first-order chi connectivity index (χ1) is 9.83. The monoisotopic (exact) mass is 271 g/mol. The third-order valence-electron chi connectivity index (χ3n) is 3.99. The Labute approximate surface area is 122 Å². The molecule has 1 aliphatic heterocycles. The average molecular weight is 271 g/mol. The third kappa shape index (κ3) is 4.33. The molecule has 0 spiro atoms. The molecule has 3 nitrogen and oxygen atoms in total. The van der Waals surface area contributed by atoms with Gasteiger partial charge in [0.1, 0.15) is 0 Å². The summed E-state index contributed by atoms with van der Waals surface area (Å²) in [6.07, 6.45) is 3.78. The van der Waals surface area contributed by atoms with Crippen molar-refractivity contribution in [2.45, 2.75) is 32.7 Å². The van der Waals surface area contributed by atoms with Crippen LogP contribution in [0, 0.1) is 17.2 Å². The fourth-order valence-electron chi connectivity index (χ4n) is 3.00. The average Bonchev–Trinajstić information content (AvgIpc) is 2.49. The Hall–Kier alpha value is -1.37. The van der Waals surface area contributed by atoms with Crippen molar-refractivity contribution in [2.24, 2.45) is 5.92 Å². The normalized spacial score (nSPS) is 18.9. The first kappa shape index (κ1) is 15.0. The van der Waals surface area contributed by atoms with Gasteiger partial charge in [0.2, 0.25) is 0 Å². The molecule has 0 amide bonds. The van der Waals surface area contributed by atoms with Crippen molar-refractivity contribution in [3.8, 4) is 6.07 Å². The minimum absolute atomic E-state index is 0.754. The molecule has 1 N–H and O–H groups in total. The highest BCUT2D eigenvalue weighted by Gasteiger charge is 2.17. The van der Waals surface area contributed by atoms with Crippen molar-refractivity contribution in [1.82, 2.24) is 10.2 Å². The van der Waals surface area contributed by atoms with Crippen LogP contribution in [0.5, 0.6) is 0 Å². The number of piperidine rings is 1. The van der Waals surface area contributed by atoms with Gasteiger partial charge < -0.3 is 5.32 Å². The molecular formula is C17H25N3. The Morgan fingerprint density at radius 3 is 2.95 bits per heavy atom. The molecule has 0 aromatic heterocycles. The Morgan fingerprint density at radius 2 is 2.25 bits per heavy atom. The van der Waals surface area contributed by atoms with Gasteiger partial charge in [-0.05, 0) is 56.4 Å². The molecule has 0 radical (unpaired) electrons. The molecule has 0 aliphatic carbocycles. The summed E-state index contributed by atoms with van der Waals surface area (Å²) in [6, 6.07) is 10.3. The highest BCUT2D eigenvalue weighted by molar-refractivity contribution is 5.37. The molecule has 1 aromatic carbocycles. The van der Waals surface area contributed by atoms with Crippen molar-refractivity contribution < 1.29 is 0 Å². The van der Waals surface area contributed by atoms with Gasteiger partial charge in [0.25, 0.3) is 0 Å². The van der Waals surface area contributed by atoms with E-state index in [2.05, 4.69) is 29.3 Å². The lowest BCUT2D eigenvalue weighted by atomic mass is 9.98. The van der Waals surface area contributed by atoms with Crippen molar-refractivity contribution in [3.63, 3.8) is 0 Å². The lowest BCUT2D eigenvalue weighted by Gasteiger charge is -2.30. The minimum atomic E-state index is 0.754. The highest BCUT2D eigenvalue weighted by Crippen LogP contribution is 2.16. The molecule has 1 atom stereocenters. The molecule has 1 aromatic rings. The summed E-state index contributed by atoms with van der Waals surface area (Å²) in [4.78, 5) is 2.51. The van der Waals surface area contributed by atoms with Crippen LogP contribution in [-0.2, 0) is 6.54 Å². The SMILES string of the molecule is CCCN(Cc1ccccc1C#N)CC1CCCNC1. The predicted octanol–water partition coefficient (Wildman–Crippen LogP) is 2.77. The maximum Gasteiger partial charge on any atom is 0.0995 e. The summed E-state index contributed by atoms with van der Waals surface area (Å²) in [5.74, 6) is 0.754. The zero-order chi connectivity index (χ0) is 14.2. The van der Waals surface area contributed by atoms with E-state index in [9.17, 15) is 5.26 Å². The molecule has 1 fully saturated rings. The largest absolute Gasteiger partial charge is 0.316 e. The number of hydrogen-bond acceptors (Lipinski definition) is 3. The molecule has 20 heavy (non-hydrogen) atoms. The van der Waals surface area contributed by atoms with Gasteiger partial charge in [-0.3, -0.25) is 4.90 Å². The number of nitriles is 1. The Bertz CT molecular complexity index is 444. The van der Waals surface area contributed by atoms with Crippen LogP contribution in [0.1, 0.15) is 37.3 Å². The third-order valence-corrected chi connectivity index (χ3v) is 3.99. The minimum Gasteiger partial charge on any atom is -0.316 e. The number of nitrogens with zero attached hydrogens (tertiary/aromatic N) is 2. The second-order valence-electron chi connectivity index (χ2n) is 5.72. The van der Waals surface area contributed by atoms with Crippen LogP contribution in [0.2, 0.25) is 0 Å². The molecule has 1 aliphatic rings. The summed E-state index contributed by atoms with van der Waals surface area (Å²) >= 11 is 0. The summed E-state index contributed by atoms with van der Waals surface area (Å²) in [5, 5.41) is 12.7. The molecule has 1 unspecified atom stereocenters. The topological polar surface area (TPSA) is 39.1 Å². The van der Waals surface area contributed by atoms with Gasteiger partial charge in [-0.1, -0.05) is 25.1 Å². The maximum atomic E-state index is 9.20. The standard InChI is InChI=1S/C17H25N3/c1-2-10-20(13-15-6-5-9-19-12-15)14-17-8-4-3-7-16(17)11-18/h3-4,7-8,15,19H,2,5-6,9-10,12-14H2,1H3. The lowest BCUT2D eigenvalue weighted by molar-refractivity contribution is 0.201. The fraction of sp³-hybridized carbons (Fsp3) is 0.588. The summed E-state index contributed by atoms with van der Waals surface area (Å²) in [6.45, 7) is 7.68. The number of benzene rings is 1. The van der Waals surface area contributed by atoms with E-state index in [0.717, 1.165) is 49.6 Å². The first-order valence-corrected chi connectivity index (χ1v) is 7.74. The van der Waals surface area contributed by atoms with Crippen LogP contribution >= 0.6 is 0 Å². The lowest BCUT2D eigenvalue weighted by Crippen LogP contribution is -2.38. The zero-order valence-corrected chi connectivity index (χ0v) is 12.4. The van der Waals surface area contributed by atoms with E-state index < -0.39 is 0 Å². The van der Waals surface area contributed by atoms with Gasteiger partial charge in [0.15, 0.2) is 0 Å². The smallest absolute Gasteiger partial charge is 0.0995 e. The summed E-state index contributed by atoms with van der Waals surface area (Å²) < 4.78 is 0. The van der Waals surface area contributed by atoms with Crippen LogP contribution in [0.15, 0.2) is 24.3 Å². The molecule has 2 rings (SSSR count). The van der Waals surface area contributed by atoms with E-state index in [1.165, 1.54) is 19.4 Å². The number of nitrogens with one attached hydrogen (secondary N) is 1. The van der Waals surface area contributed by atoms with Crippen molar-refractivity contribution in [1.29, 1.82) is 5.26 Å². The van der Waals surface area contributed by atoms with Crippen LogP contribution in [0.3, 0.4) is 0 Å². The fourth-order valence-corrected chi connectivity index (χ4v) is 3.00. The second-order valence-corrected chi connectivity index (χ2v) is 5.72. The zero-order valence-electron chi connectivity index (χ0n) is 12.4. The second kappa shape index (κ2) is 8.04. The molecule has 3 heteroatoms. The molecule has 1 heterocycles. The molecular weight excluding hydrogens is 246 g/mol. The van der Waals surface area contributed by atoms with Crippen molar-refractivity contribution >= 4 is 0 Å². The van der Waals surface area contributed by atoms with Gasteiger partial charge in [-0.2, -0.15) is 5.26 Å². The van der Waals surface area contributed by atoms with E-state index >= 15 is 0 Å². The van der Waals surface area contributed by atoms with Crippen LogP contribution < -0.4 is 5.32 Å². The van der Waals surface area contributed by atoms with Crippen LogP contribution in [0.4, 0.5) is 0 Å². The molecule has 0 bridgehead atoms. The van der Waals surface area contributed by atoms with Gasteiger partial charge in [-0.15, -0.1) is 0 Å². The summed E-state index contributed by atoms with van der Waals surface area (Å²) in [5.41, 5.74) is 1.97. The summed E-state index contributed by atoms with van der Waals surface area (Å²) in [7, 11) is 0. The van der Waals surface area contributed by atoms with Crippen molar-refractivity contribution in [2.75, 3.05) is 26.2 Å². The first-order valence-electron chi connectivity index (χ1n) is 7.74. The Kier molecular flexibility index (Phi) is 6.04. The van der Waals surface area contributed by atoms with Gasteiger partial charge in [0.05, 0.1) is 11.6 Å². The maximum absolute atomic E-state index is 9.20. The van der Waals surface area contributed by atoms with Crippen LogP contribution in [0.25, 0.3) is 0 Å². The highest BCUT2D eigenvalue weighted by atomic mass is 15.1. The van der Waals surface area contributed by atoms with E-state index in [4.69, 9.17) is 0 Å². The molecule has 1 saturated heterocycles. The van der Waals surface area contributed by atoms with Gasteiger partial charge in [0, 0.05) is 13.1 Å². The van der Waals surface area contributed by atoms with Crippen LogP contribution in [-0.4, -0.2) is 31.1 Å². The number of hydrogen-bond donors (Lipinski definition) is 1. The van der Waals surface area contributed by atoms with E-state index in [-0.39, 0.29) is 0 Å². The Morgan fingerprint density at radius 1 is 1.40 bits per heavy atom. The Balaban J connectivity index is 1.99. The van der Waals surface area contributed by atoms with Crippen molar-refractivity contribution in [3.05, 3.63) is 35.4 Å². The predicted molar refractivity (Wildman–Crippen MR) is 82.3 cm³/mol. The molecule has 108 valence electrons. The van der Waals surface area contributed by atoms with E-state index in [1.807, 2.05) is 18.2 Å². The number of rotatable bonds is 6. The molecule has 0 saturated carbocycles. The van der Waals surface area contributed by atoms with E-state index in [0.29, 0.717) is 0 Å². The van der Waals surface area contributed by atoms with Gasteiger partial charge in [-0.25, -0.2) is 0 Å². The quantitative estimate of drug-likeness (QED) is 0.864.